The highest BCUT2D eigenvalue weighted by Gasteiger charge is 2.37. The van der Waals surface area contributed by atoms with Gasteiger partial charge in [-0.1, -0.05) is 6.92 Å². The van der Waals surface area contributed by atoms with Gasteiger partial charge in [-0.3, -0.25) is 4.98 Å². The average Bonchev–Trinajstić information content (AvgIpc) is 2.45. The highest BCUT2D eigenvalue weighted by atomic mass is 15.2. The summed E-state index contributed by atoms with van der Waals surface area (Å²) in [5, 5.41) is 3.95. The normalized spacial score (nSPS) is 23.1. The first-order valence-corrected chi connectivity index (χ1v) is 7.74. The second kappa shape index (κ2) is 5.49. The van der Waals surface area contributed by atoms with E-state index in [0.29, 0.717) is 5.54 Å². The number of pyridine rings is 1. The Bertz CT molecular complexity index is 386. The van der Waals surface area contributed by atoms with Gasteiger partial charge in [-0.25, -0.2) is 0 Å². The third-order valence-corrected chi connectivity index (χ3v) is 5.02. The molecule has 0 bridgehead atoms. The van der Waals surface area contributed by atoms with E-state index in [0.717, 1.165) is 6.04 Å². The molecule has 1 N–H and O–H groups in total. The number of hydrogen-bond donors (Lipinski definition) is 1. The molecule has 2 aliphatic rings. The van der Waals surface area contributed by atoms with Gasteiger partial charge in [0, 0.05) is 42.8 Å². The van der Waals surface area contributed by atoms with Crippen LogP contribution in [0.15, 0.2) is 24.5 Å². The minimum atomic E-state index is 0.490. The summed E-state index contributed by atoms with van der Waals surface area (Å²) >= 11 is 0. The van der Waals surface area contributed by atoms with Crippen LogP contribution in [0.3, 0.4) is 0 Å². The molecular formula is C16H25N3. The molecule has 0 amide bonds. The number of piperidine rings is 1. The fraction of sp³-hybridized carbons (Fsp3) is 0.688. The lowest BCUT2D eigenvalue weighted by atomic mass is 9.74. The van der Waals surface area contributed by atoms with Crippen molar-refractivity contribution < 1.29 is 0 Å². The topological polar surface area (TPSA) is 28.2 Å². The number of hydrogen-bond acceptors (Lipinski definition) is 3. The molecule has 0 radical (unpaired) electrons. The Balaban J connectivity index is 1.52. The second-order valence-electron chi connectivity index (χ2n) is 6.10. The maximum atomic E-state index is 4.09. The summed E-state index contributed by atoms with van der Waals surface area (Å²) in [5.74, 6) is 0. The molecule has 1 aromatic rings. The maximum absolute atomic E-state index is 4.09. The molecule has 1 aliphatic heterocycles. The fourth-order valence-electron chi connectivity index (χ4n) is 3.47. The van der Waals surface area contributed by atoms with Crippen LogP contribution in [0.5, 0.6) is 0 Å². The Morgan fingerprint density at radius 2 is 1.95 bits per heavy atom. The maximum Gasteiger partial charge on any atom is 0.0397 e. The summed E-state index contributed by atoms with van der Waals surface area (Å²) in [7, 11) is 0. The summed E-state index contributed by atoms with van der Waals surface area (Å²) in [6.07, 6.45) is 11.8. The molecule has 2 heterocycles. The van der Waals surface area contributed by atoms with Crippen LogP contribution in [-0.4, -0.2) is 29.7 Å². The van der Waals surface area contributed by atoms with E-state index in [1.54, 1.807) is 0 Å². The zero-order valence-corrected chi connectivity index (χ0v) is 11.9. The molecule has 0 spiro atoms. The van der Waals surface area contributed by atoms with Crippen molar-refractivity contribution in [3.05, 3.63) is 24.5 Å². The molecule has 1 saturated carbocycles. The molecule has 0 aromatic carbocycles. The van der Waals surface area contributed by atoms with E-state index in [2.05, 4.69) is 34.3 Å². The first kappa shape index (κ1) is 12.9. The van der Waals surface area contributed by atoms with Crippen LogP contribution in [0.2, 0.25) is 0 Å². The zero-order valence-electron chi connectivity index (χ0n) is 11.9. The Kier molecular flexibility index (Phi) is 3.74. The van der Waals surface area contributed by atoms with Crippen LogP contribution in [0, 0.1) is 0 Å². The molecule has 3 heteroatoms. The summed E-state index contributed by atoms with van der Waals surface area (Å²) in [6.45, 7) is 4.67. The molecule has 19 heavy (non-hydrogen) atoms. The van der Waals surface area contributed by atoms with Crippen molar-refractivity contribution in [1.82, 2.24) is 10.3 Å². The summed E-state index contributed by atoms with van der Waals surface area (Å²) in [6, 6.07) is 4.96. The Hall–Kier alpha value is -1.09. The standard InChI is InChI=1S/C16H25N3/c1-2-16(8-3-9-16)18-14-6-12-19(13-7-14)15-4-10-17-11-5-15/h4-5,10-11,14,18H,2-3,6-9,12-13H2,1H3. The largest absolute Gasteiger partial charge is 0.371 e. The van der Waals surface area contributed by atoms with Crippen molar-refractivity contribution in [3.63, 3.8) is 0 Å². The summed E-state index contributed by atoms with van der Waals surface area (Å²) in [5.41, 5.74) is 1.81. The number of nitrogens with zero attached hydrogens (tertiary/aromatic N) is 2. The van der Waals surface area contributed by atoms with Crippen molar-refractivity contribution in [1.29, 1.82) is 0 Å². The predicted octanol–water partition coefficient (Wildman–Crippen LogP) is 2.97. The quantitative estimate of drug-likeness (QED) is 0.901. The lowest BCUT2D eigenvalue weighted by Crippen LogP contribution is -2.57. The van der Waals surface area contributed by atoms with E-state index in [1.807, 2.05) is 12.4 Å². The number of rotatable bonds is 4. The van der Waals surface area contributed by atoms with E-state index in [4.69, 9.17) is 0 Å². The van der Waals surface area contributed by atoms with E-state index in [9.17, 15) is 0 Å². The molecule has 1 aliphatic carbocycles. The highest BCUT2D eigenvalue weighted by Crippen LogP contribution is 2.36. The third kappa shape index (κ3) is 2.76. The van der Waals surface area contributed by atoms with Crippen LogP contribution in [0.4, 0.5) is 5.69 Å². The van der Waals surface area contributed by atoms with Crippen LogP contribution in [0.1, 0.15) is 45.4 Å². The minimum Gasteiger partial charge on any atom is -0.371 e. The van der Waals surface area contributed by atoms with Crippen molar-refractivity contribution >= 4 is 5.69 Å². The van der Waals surface area contributed by atoms with Gasteiger partial charge in [0.05, 0.1) is 0 Å². The Morgan fingerprint density at radius 3 is 2.47 bits per heavy atom. The SMILES string of the molecule is CCC1(NC2CCN(c3ccncc3)CC2)CCC1. The van der Waals surface area contributed by atoms with Gasteiger partial charge in [-0.15, -0.1) is 0 Å². The Labute approximate surface area is 116 Å². The lowest BCUT2D eigenvalue weighted by Gasteiger charge is -2.46. The van der Waals surface area contributed by atoms with Gasteiger partial charge in [-0.05, 0) is 50.7 Å². The first-order valence-electron chi connectivity index (χ1n) is 7.74. The van der Waals surface area contributed by atoms with Gasteiger partial charge in [0.15, 0.2) is 0 Å². The second-order valence-corrected chi connectivity index (χ2v) is 6.10. The number of anilines is 1. The van der Waals surface area contributed by atoms with Gasteiger partial charge >= 0.3 is 0 Å². The van der Waals surface area contributed by atoms with Gasteiger partial charge in [0.2, 0.25) is 0 Å². The molecular weight excluding hydrogens is 234 g/mol. The molecule has 1 aromatic heterocycles. The molecule has 0 unspecified atom stereocenters. The average molecular weight is 259 g/mol. The van der Waals surface area contributed by atoms with Crippen LogP contribution in [0.25, 0.3) is 0 Å². The first-order chi connectivity index (χ1) is 9.31. The van der Waals surface area contributed by atoms with E-state index >= 15 is 0 Å². The molecule has 2 fully saturated rings. The molecule has 3 nitrogen and oxygen atoms in total. The van der Waals surface area contributed by atoms with Crippen molar-refractivity contribution in [2.45, 2.75) is 57.0 Å². The molecule has 3 rings (SSSR count). The van der Waals surface area contributed by atoms with Crippen LogP contribution < -0.4 is 10.2 Å². The highest BCUT2D eigenvalue weighted by molar-refractivity contribution is 5.44. The summed E-state index contributed by atoms with van der Waals surface area (Å²) < 4.78 is 0. The zero-order chi connectivity index (χ0) is 13.1. The van der Waals surface area contributed by atoms with Crippen molar-refractivity contribution in [3.8, 4) is 0 Å². The summed E-state index contributed by atoms with van der Waals surface area (Å²) in [4.78, 5) is 6.58. The molecule has 1 saturated heterocycles. The van der Waals surface area contributed by atoms with Gasteiger partial charge < -0.3 is 10.2 Å². The Morgan fingerprint density at radius 1 is 1.26 bits per heavy atom. The van der Waals surface area contributed by atoms with Gasteiger partial charge in [-0.2, -0.15) is 0 Å². The number of aromatic nitrogens is 1. The fourth-order valence-corrected chi connectivity index (χ4v) is 3.47. The van der Waals surface area contributed by atoms with E-state index in [1.165, 1.54) is 57.3 Å². The predicted molar refractivity (Wildman–Crippen MR) is 79.5 cm³/mol. The van der Waals surface area contributed by atoms with Crippen molar-refractivity contribution in [2.75, 3.05) is 18.0 Å². The third-order valence-electron chi connectivity index (χ3n) is 5.02. The van der Waals surface area contributed by atoms with Crippen LogP contribution in [-0.2, 0) is 0 Å². The van der Waals surface area contributed by atoms with Crippen molar-refractivity contribution in [2.24, 2.45) is 0 Å². The minimum absolute atomic E-state index is 0.490. The lowest BCUT2D eigenvalue weighted by molar-refractivity contribution is 0.147. The molecule has 0 atom stereocenters. The van der Waals surface area contributed by atoms with E-state index < -0.39 is 0 Å². The monoisotopic (exact) mass is 259 g/mol. The number of nitrogens with one attached hydrogen (secondary N) is 1. The van der Waals surface area contributed by atoms with Crippen LogP contribution >= 0.6 is 0 Å². The molecule has 104 valence electrons. The smallest absolute Gasteiger partial charge is 0.0397 e. The van der Waals surface area contributed by atoms with Gasteiger partial charge in [0.25, 0.3) is 0 Å². The van der Waals surface area contributed by atoms with E-state index in [-0.39, 0.29) is 0 Å². The van der Waals surface area contributed by atoms with Gasteiger partial charge in [0.1, 0.15) is 0 Å².